The van der Waals surface area contributed by atoms with E-state index in [1.54, 1.807) is 6.07 Å². The van der Waals surface area contributed by atoms with Crippen molar-refractivity contribution in [1.29, 1.82) is 5.26 Å². The maximum Gasteiger partial charge on any atom is 0.455 e. The number of tetrazole rings is 1. The molecule has 2 amide bonds. The van der Waals surface area contributed by atoms with Gasteiger partial charge in [0, 0.05) is 6.20 Å². The number of aromatic nitrogens is 7. The van der Waals surface area contributed by atoms with Crippen LogP contribution in [0.15, 0.2) is 36.5 Å². The number of halogens is 5. The largest absolute Gasteiger partial charge is 0.455 e. The van der Waals surface area contributed by atoms with Gasteiger partial charge in [0.05, 0.1) is 28.0 Å². The first-order valence-corrected chi connectivity index (χ1v) is 11.2. The molecule has 0 unspecified atom stereocenters. The van der Waals surface area contributed by atoms with Crippen LogP contribution in [-0.2, 0) is 12.7 Å². The van der Waals surface area contributed by atoms with E-state index in [-0.39, 0.29) is 45.6 Å². The van der Waals surface area contributed by atoms with Crippen LogP contribution >= 0.6 is 11.6 Å². The molecule has 3 aromatic heterocycles. The Balaban J connectivity index is 1.73. The quantitative estimate of drug-likeness (QED) is 0.257. The molecule has 12 nitrogen and oxygen atoms in total. The third kappa shape index (κ3) is 5.99. The number of alkyl halides is 3. The third-order valence-electron chi connectivity index (χ3n) is 5.05. The molecule has 0 saturated heterocycles. The second-order valence-electron chi connectivity index (χ2n) is 7.82. The first-order valence-electron chi connectivity index (χ1n) is 10.8. The van der Waals surface area contributed by atoms with E-state index in [0.29, 0.717) is 4.80 Å². The second-order valence-corrected chi connectivity index (χ2v) is 8.23. The van der Waals surface area contributed by atoms with Crippen molar-refractivity contribution >= 4 is 29.1 Å². The number of nitrogens with zero attached hydrogens (tertiary/aromatic N) is 8. The maximum atomic E-state index is 14.1. The van der Waals surface area contributed by atoms with Crippen LogP contribution in [0.2, 0.25) is 5.02 Å². The average molecular weight is 563 g/mol. The summed E-state index contributed by atoms with van der Waals surface area (Å²) in [6, 6.07) is 7.93. The molecular formula is C22H15ClF4N10O2. The molecule has 3 heterocycles. The van der Waals surface area contributed by atoms with Gasteiger partial charge in [0.1, 0.15) is 24.6 Å². The van der Waals surface area contributed by atoms with E-state index in [1.807, 2.05) is 0 Å². The van der Waals surface area contributed by atoms with Gasteiger partial charge in [-0.2, -0.15) is 28.3 Å². The summed E-state index contributed by atoms with van der Waals surface area (Å²) >= 11 is 6.24. The minimum Gasteiger partial charge on any atom is -0.339 e. The van der Waals surface area contributed by atoms with Gasteiger partial charge >= 0.3 is 6.18 Å². The zero-order valence-electron chi connectivity index (χ0n) is 19.7. The standard InChI is InChI=1S/C22H15ClF4N10O2/c1-11-7-12(24)8-14(19(38)30-6-4-28)17(11)31-20(39)16-9-13(10-36-34-21(32-35-36)22(25,26)27)33-37(16)18-15(23)3-2-5-29-18/h2-3,5,7-9H,6,10H2,1H3,(H,30,38)(H,31,39). The van der Waals surface area contributed by atoms with Crippen molar-refractivity contribution in [3.63, 3.8) is 0 Å². The third-order valence-corrected chi connectivity index (χ3v) is 5.35. The van der Waals surface area contributed by atoms with Crippen molar-refractivity contribution < 1.29 is 27.2 Å². The van der Waals surface area contributed by atoms with Gasteiger partial charge in [-0.05, 0) is 48.0 Å². The molecule has 17 heteroatoms. The molecule has 0 saturated carbocycles. The van der Waals surface area contributed by atoms with Crippen LogP contribution < -0.4 is 10.6 Å². The van der Waals surface area contributed by atoms with Crippen molar-refractivity contribution in [2.24, 2.45) is 0 Å². The minimum atomic E-state index is -4.81. The summed E-state index contributed by atoms with van der Waals surface area (Å²) in [6.45, 7) is 0.688. The lowest BCUT2D eigenvalue weighted by Gasteiger charge is -2.14. The molecule has 2 N–H and O–H groups in total. The number of hydrogen-bond acceptors (Lipinski definition) is 8. The van der Waals surface area contributed by atoms with E-state index < -0.39 is 36.2 Å². The number of benzene rings is 1. The highest BCUT2D eigenvalue weighted by Crippen LogP contribution is 2.26. The molecule has 0 aliphatic heterocycles. The van der Waals surface area contributed by atoms with Crippen molar-refractivity contribution in [3.8, 4) is 11.9 Å². The Morgan fingerprint density at radius 2 is 1.95 bits per heavy atom. The lowest BCUT2D eigenvalue weighted by atomic mass is 10.1. The van der Waals surface area contributed by atoms with E-state index in [9.17, 15) is 27.2 Å². The molecule has 39 heavy (non-hydrogen) atoms. The van der Waals surface area contributed by atoms with E-state index in [2.05, 4.69) is 36.1 Å². The van der Waals surface area contributed by atoms with Crippen LogP contribution in [0.5, 0.6) is 0 Å². The van der Waals surface area contributed by atoms with Gasteiger partial charge in [-0.15, -0.1) is 10.2 Å². The number of pyridine rings is 1. The monoisotopic (exact) mass is 562 g/mol. The summed E-state index contributed by atoms with van der Waals surface area (Å²) in [4.78, 5) is 30.7. The number of carbonyl (C=O) groups is 2. The van der Waals surface area contributed by atoms with Gasteiger partial charge in [0.25, 0.3) is 17.6 Å². The fraction of sp³-hybridized carbons (Fsp3) is 0.182. The predicted molar refractivity (Wildman–Crippen MR) is 125 cm³/mol. The van der Waals surface area contributed by atoms with Crippen LogP contribution in [0.4, 0.5) is 23.2 Å². The van der Waals surface area contributed by atoms with Crippen molar-refractivity contribution in [2.75, 3.05) is 11.9 Å². The summed E-state index contributed by atoms with van der Waals surface area (Å²) in [6.07, 6.45) is -3.44. The number of anilines is 1. The smallest absolute Gasteiger partial charge is 0.339 e. The van der Waals surface area contributed by atoms with Crippen LogP contribution in [0, 0.1) is 24.1 Å². The molecule has 0 radical (unpaired) electrons. The Kier molecular flexibility index (Phi) is 7.54. The lowest BCUT2D eigenvalue weighted by Crippen LogP contribution is -2.26. The number of nitrogens with one attached hydrogen (secondary N) is 2. The van der Waals surface area contributed by atoms with E-state index >= 15 is 0 Å². The van der Waals surface area contributed by atoms with Gasteiger partial charge in [0.15, 0.2) is 5.82 Å². The topological polar surface area (TPSA) is 156 Å². The Labute approximate surface area is 221 Å². The Hall–Kier alpha value is -4.91. The van der Waals surface area contributed by atoms with Crippen molar-refractivity contribution in [1.82, 2.24) is 40.3 Å². The Morgan fingerprint density at radius 3 is 2.62 bits per heavy atom. The molecule has 4 rings (SSSR count). The molecule has 0 spiro atoms. The van der Waals surface area contributed by atoms with Crippen LogP contribution in [0.25, 0.3) is 5.82 Å². The molecular weight excluding hydrogens is 548 g/mol. The lowest BCUT2D eigenvalue weighted by molar-refractivity contribution is -0.145. The zero-order chi connectivity index (χ0) is 28.3. The van der Waals surface area contributed by atoms with Crippen LogP contribution in [0.3, 0.4) is 0 Å². The van der Waals surface area contributed by atoms with Crippen molar-refractivity contribution in [2.45, 2.75) is 19.6 Å². The van der Waals surface area contributed by atoms with Crippen LogP contribution in [-0.4, -0.2) is 53.3 Å². The predicted octanol–water partition coefficient (Wildman–Crippen LogP) is 2.93. The first-order chi connectivity index (χ1) is 18.5. The maximum absolute atomic E-state index is 14.1. The van der Waals surface area contributed by atoms with Gasteiger partial charge in [0.2, 0.25) is 0 Å². The summed E-state index contributed by atoms with van der Waals surface area (Å²) in [7, 11) is 0. The van der Waals surface area contributed by atoms with Crippen molar-refractivity contribution in [3.05, 3.63) is 75.7 Å². The van der Waals surface area contributed by atoms with Gasteiger partial charge < -0.3 is 10.6 Å². The number of amides is 2. The van der Waals surface area contributed by atoms with Crippen LogP contribution in [0.1, 0.15) is 37.9 Å². The summed E-state index contributed by atoms with van der Waals surface area (Å²) in [5.74, 6) is -3.85. The Morgan fingerprint density at radius 1 is 1.18 bits per heavy atom. The van der Waals surface area contributed by atoms with Gasteiger partial charge in [-0.1, -0.05) is 11.6 Å². The number of hydrogen-bond donors (Lipinski definition) is 2. The molecule has 0 aliphatic carbocycles. The molecule has 0 fully saturated rings. The van der Waals surface area contributed by atoms with Gasteiger partial charge in [-0.25, -0.2) is 14.1 Å². The Bertz CT molecular complexity index is 1610. The summed E-state index contributed by atoms with van der Waals surface area (Å²) in [5.41, 5.74) is -0.250. The summed E-state index contributed by atoms with van der Waals surface area (Å²) < 4.78 is 53.7. The number of nitriles is 1. The zero-order valence-corrected chi connectivity index (χ0v) is 20.4. The molecule has 0 bridgehead atoms. The van der Waals surface area contributed by atoms with E-state index in [4.69, 9.17) is 16.9 Å². The minimum absolute atomic E-state index is 0.0147. The number of rotatable bonds is 7. The highest BCUT2D eigenvalue weighted by Gasteiger charge is 2.37. The average Bonchev–Trinajstić information content (AvgIpc) is 3.52. The molecule has 200 valence electrons. The number of aryl methyl sites for hydroxylation is 1. The molecule has 4 aromatic rings. The number of carbonyl (C=O) groups excluding carboxylic acids is 2. The fourth-order valence-electron chi connectivity index (χ4n) is 3.41. The highest BCUT2D eigenvalue weighted by atomic mass is 35.5. The molecule has 1 aromatic carbocycles. The second kappa shape index (κ2) is 10.8. The molecule has 0 aliphatic rings. The summed E-state index contributed by atoms with van der Waals surface area (Å²) in [5, 5.41) is 27.5. The van der Waals surface area contributed by atoms with Gasteiger partial charge in [-0.3, -0.25) is 9.59 Å². The fourth-order valence-corrected chi connectivity index (χ4v) is 3.61. The normalized spacial score (nSPS) is 11.2. The SMILES string of the molecule is Cc1cc(F)cc(C(=O)NCC#N)c1NC(=O)c1cc(Cn2nnc(C(F)(F)F)n2)nn1-c1ncccc1Cl. The first kappa shape index (κ1) is 27.1. The van der Waals surface area contributed by atoms with E-state index in [1.165, 1.54) is 31.3 Å². The van der Waals surface area contributed by atoms with E-state index in [0.717, 1.165) is 16.8 Å². The highest BCUT2D eigenvalue weighted by molar-refractivity contribution is 6.32. The molecule has 0 atom stereocenters.